The minimum absolute atomic E-state index is 0.0936. The van der Waals surface area contributed by atoms with Crippen molar-refractivity contribution in [2.24, 2.45) is 0 Å². The van der Waals surface area contributed by atoms with Gasteiger partial charge in [0, 0.05) is 30.3 Å². The number of carbonyl (C=O) groups excluding carboxylic acids is 2. The van der Waals surface area contributed by atoms with Crippen LogP contribution >= 0.6 is 0 Å². The average Bonchev–Trinajstić information content (AvgIpc) is 3.47. The van der Waals surface area contributed by atoms with E-state index in [1.54, 1.807) is 19.2 Å². The summed E-state index contributed by atoms with van der Waals surface area (Å²) in [6, 6.07) is 18.3. The Balaban J connectivity index is 1.43. The predicted molar refractivity (Wildman–Crippen MR) is 131 cm³/mol. The summed E-state index contributed by atoms with van der Waals surface area (Å²) in [5.41, 5.74) is 5.22. The third-order valence-corrected chi connectivity index (χ3v) is 6.30. The van der Waals surface area contributed by atoms with E-state index in [0.29, 0.717) is 6.42 Å². The molecular formula is C27H29N3O5. The van der Waals surface area contributed by atoms with Crippen molar-refractivity contribution in [3.63, 3.8) is 0 Å². The fourth-order valence-corrected chi connectivity index (χ4v) is 4.52. The molecule has 3 aromatic rings. The molecule has 8 heteroatoms. The number of carboxylic acid groups (broad SMARTS) is 1. The third kappa shape index (κ3) is 5.71. The summed E-state index contributed by atoms with van der Waals surface area (Å²) in [5.74, 6) is -1.55. The molecule has 1 aliphatic rings. The normalized spacial score (nSPS) is 13.9. The molecule has 8 nitrogen and oxygen atoms in total. The zero-order valence-corrected chi connectivity index (χ0v) is 19.5. The Kier molecular flexibility index (Phi) is 7.50. The summed E-state index contributed by atoms with van der Waals surface area (Å²) >= 11 is 0. The van der Waals surface area contributed by atoms with E-state index in [2.05, 4.69) is 27.8 Å². The number of aromatic amines is 1. The van der Waals surface area contributed by atoms with Gasteiger partial charge in [-0.2, -0.15) is 0 Å². The highest BCUT2D eigenvalue weighted by Crippen LogP contribution is 2.44. The third-order valence-electron chi connectivity index (χ3n) is 6.30. The number of aromatic nitrogens is 1. The number of fused-ring (bicyclic) bond motifs is 3. The van der Waals surface area contributed by atoms with Crippen molar-refractivity contribution in [3.8, 4) is 11.1 Å². The van der Waals surface area contributed by atoms with Crippen molar-refractivity contribution in [3.05, 3.63) is 83.7 Å². The Morgan fingerprint density at radius 3 is 2.20 bits per heavy atom. The van der Waals surface area contributed by atoms with E-state index >= 15 is 0 Å². The monoisotopic (exact) mass is 475 g/mol. The maximum absolute atomic E-state index is 13.0. The molecule has 1 aromatic heterocycles. The summed E-state index contributed by atoms with van der Waals surface area (Å²) in [6.07, 6.45) is 1.51. The molecule has 4 N–H and O–H groups in total. The molecule has 0 radical (unpaired) electrons. The van der Waals surface area contributed by atoms with E-state index in [1.165, 1.54) is 0 Å². The molecule has 2 aromatic carbocycles. The second-order valence-electron chi connectivity index (χ2n) is 8.63. The highest BCUT2D eigenvalue weighted by Gasteiger charge is 2.30. The molecule has 0 saturated heterocycles. The van der Waals surface area contributed by atoms with Gasteiger partial charge in [-0.1, -0.05) is 55.5 Å². The Morgan fingerprint density at radius 2 is 1.63 bits per heavy atom. The number of hydrogen-bond donors (Lipinski definition) is 4. The van der Waals surface area contributed by atoms with Crippen LogP contribution in [-0.4, -0.2) is 46.8 Å². The summed E-state index contributed by atoms with van der Waals surface area (Å²) in [4.78, 5) is 39.9. The minimum Gasteiger partial charge on any atom is -0.481 e. The van der Waals surface area contributed by atoms with Crippen LogP contribution in [0.3, 0.4) is 0 Å². The van der Waals surface area contributed by atoms with Crippen molar-refractivity contribution in [2.45, 2.75) is 44.2 Å². The fraction of sp³-hybridized carbons (Fsp3) is 0.296. The van der Waals surface area contributed by atoms with Crippen LogP contribution in [0.25, 0.3) is 11.1 Å². The van der Waals surface area contributed by atoms with Crippen molar-refractivity contribution in [2.75, 3.05) is 6.61 Å². The van der Waals surface area contributed by atoms with Crippen LogP contribution in [0, 0.1) is 0 Å². The molecule has 2 atom stereocenters. The van der Waals surface area contributed by atoms with Gasteiger partial charge in [-0.25, -0.2) is 4.79 Å². The van der Waals surface area contributed by atoms with Gasteiger partial charge in [0.15, 0.2) is 0 Å². The Bertz CT molecular complexity index is 1150. The van der Waals surface area contributed by atoms with Crippen LogP contribution < -0.4 is 10.6 Å². The highest BCUT2D eigenvalue weighted by molar-refractivity contribution is 5.86. The van der Waals surface area contributed by atoms with Gasteiger partial charge in [0.2, 0.25) is 5.91 Å². The standard InChI is InChI=1S/C27H29N3O5/c1-2-17(15-25(31)32)29-26(33)24(14-18-8-7-13-28-18)30-27(34)35-16-23-21-11-5-3-9-19(21)20-10-4-6-12-22(20)23/h3-13,17,23-24,28H,2,14-16H2,1H3,(H,29,33)(H,30,34)(H,31,32)/t17-,24?/m0/s1. The van der Waals surface area contributed by atoms with Crippen LogP contribution in [0.4, 0.5) is 4.79 Å². The van der Waals surface area contributed by atoms with Gasteiger partial charge in [0.1, 0.15) is 12.6 Å². The van der Waals surface area contributed by atoms with Crippen LogP contribution in [0.5, 0.6) is 0 Å². The zero-order chi connectivity index (χ0) is 24.8. The van der Waals surface area contributed by atoms with Gasteiger partial charge in [-0.05, 0) is 40.8 Å². The van der Waals surface area contributed by atoms with Crippen molar-refractivity contribution in [1.82, 2.24) is 15.6 Å². The average molecular weight is 476 g/mol. The Hall–Kier alpha value is -4.07. The number of hydrogen-bond acceptors (Lipinski definition) is 4. The summed E-state index contributed by atoms with van der Waals surface area (Å²) in [5, 5.41) is 14.5. The molecule has 4 rings (SSSR count). The van der Waals surface area contributed by atoms with E-state index < -0.39 is 30.1 Å². The van der Waals surface area contributed by atoms with Crippen LogP contribution in [-0.2, 0) is 20.7 Å². The van der Waals surface area contributed by atoms with E-state index in [1.807, 2.05) is 42.5 Å². The zero-order valence-electron chi connectivity index (χ0n) is 19.5. The molecule has 1 aliphatic carbocycles. The van der Waals surface area contributed by atoms with Crippen molar-refractivity contribution in [1.29, 1.82) is 0 Å². The molecule has 0 spiro atoms. The number of aliphatic carboxylic acids is 1. The molecule has 182 valence electrons. The first-order chi connectivity index (χ1) is 17.0. The number of rotatable bonds is 10. The topological polar surface area (TPSA) is 121 Å². The van der Waals surface area contributed by atoms with Crippen LogP contribution in [0.1, 0.15) is 42.5 Å². The molecule has 0 fully saturated rings. The van der Waals surface area contributed by atoms with Crippen molar-refractivity contribution >= 4 is 18.0 Å². The fourth-order valence-electron chi connectivity index (χ4n) is 4.52. The van der Waals surface area contributed by atoms with Gasteiger partial charge >= 0.3 is 12.1 Å². The van der Waals surface area contributed by atoms with Crippen LogP contribution in [0.2, 0.25) is 0 Å². The number of benzene rings is 2. The highest BCUT2D eigenvalue weighted by atomic mass is 16.5. The summed E-state index contributed by atoms with van der Waals surface area (Å²) in [6.45, 7) is 1.93. The number of amides is 2. The quantitative estimate of drug-likeness (QED) is 0.355. The first-order valence-corrected chi connectivity index (χ1v) is 11.7. The van der Waals surface area contributed by atoms with Crippen LogP contribution in [0.15, 0.2) is 66.9 Å². The molecule has 0 aliphatic heterocycles. The van der Waals surface area contributed by atoms with E-state index in [4.69, 9.17) is 9.84 Å². The molecule has 1 unspecified atom stereocenters. The van der Waals surface area contributed by atoms with Gasteiger partial charge < -0.3 is 25.5 Å². The number of carbonyl (C=O) groups is 3. The van der Waals surface area contributed by atoms with E-state index in [9.17, 15) is 14.4 Å². The lowest BCUT2D eigenvalue weighted by molar-refractivity contribution is -0.137. The second kappa shape index (κ2) is 10.9. The second-order valence-corrected chi connectivity index (χ2v) is 8.63. The van der Waals surface area contributed by atoms with E-state index in [0.717, 1.165) is 27.9 Å². The van der Waals surface area contributed by atoms with Gasteiger partial charge in [0.05, 0.1) is 6.42 Å². The Morgan fingerprint density at radius 1 is 0.971 bits per heavy atom. The number of ether oxygens (including phenoxy) is 1. The number of alkyl carbamates (subject to hydrolysis) is 1. The molecule has 35 heavy (non-hydrogen) atoms. The summed E-state index contributed by atoms with van der Waals surface area (Å²) in [7, 11) is 0. The number of nitrogens with one attached hydrogen (secondary N) is 3. The predicted octanol–water partition coefficient (Wildman–Crippen LogP) is 3.83. The summed E-state index contributed by atoms with van der Waals surface area (Å²) < 4.78 is 5.60. The molecule has 0 saturated carbocycles. The van der Waals surface area contributed by atoms with E-state index in [-0.39, 0.29) is 25.4 Å². The lowest BCUT2D eigenvalue weighted by Gasteiger charge is -2.22. The minimum atomic E-state index is -0.998. The number of H-pyrrole nitrogens is 1. The largest absolute Gasteiger partial charge is 0.481 e. The van der Waals surface area contributed by atoms with Gasteiger partial charge in [-0.15, -0.1) is 0 Å². The maximum atomic E-state index is 13.0. The van der Waals surface area contributed by atoms with Crippen molar-refractivity contribution < 1.29 is 24.2 Å². The van der Waals surface area contributed by atoms with Gasteiger partial charge in [0.25, 0.3) is 0 Å². The SMILES string of the molecule is CC[C@@H](CC(=O)O)NC(=O)C(Cc1ccc[nH]1)NC(=O)OCC1c2ccccc2-c2ccccc21. The molecule has 2 amide bonds. The lowest BCUT2D eigenvalue weighted by atomic mass is 9.98. The molecule has 1 heterocycles. The van der Waals surface area contributed by atoms with Gasteiger partial charge in [-0.3, -0.25) is 9.59 Å². The first-order valence-electron chi connectivity index (χ1n) is 11.7. The maximum Gasteiger partial charge on any atom is 0.407 e. The lowest BCUT2D eigenvalue weighted by Crippen LogP contribution is -2.51. The smallest absolute Gasteiger partial charge is 0.407 e. The first kappa shape index (κ1) is 24.1. The molecule has 0 bridgehead atoms. The molecular weight excluding hydrogens is 446 g/mol. The Labute approximate surface area is 203 Å². The number of carboxylic acids is 1.